The van der Waals surface area contributed by atoms with Crippen molar-refractivity contribution in [2.75, 3.05) is 6.54 Å². The van der Waals surface area contributed by atoms with Crippen molar-refractivity contribution in [2.45, 2.75) is 32.4 Å². The predicted octanol–water partition coefficient (Wildman–Crippen LogP) is 2.07. The Bertz CT molecular complexity index is 669. The molecule has 0 bridgehead atoms. The quantitative estimate of drug-likeness (QED) is 0.858. The van der Waals surface area contributed by atoms with E-state index in [1.807, 2.05) is 29.3 Å². The first-order chi connectivity index (χ1) is 9.20. The van der Waals surface area contributed by atoms with Crippen molar-refractivity contribution < 1.29 is 4.79 Å². The van der Waals surface area contributed by atoms with Crippen LogP contribution in [0.15, 0.2) is 28.5 Å². The van der Waals surface area contributed by atoms with Crippen molar-refractivity contribution in [3.63, 3.8) is 0 Å². The average Bonchev–Trinajstić information content (AvgIpc) is 3.10. The summed E-state index contributed by atoms with van der Waals surface area (Å²) >= 11 is 1.55. The van der Waals surface area contributed by atoms with Gasteiger partial charge in [0.15, 0.2) is 0 Å². The average molecular weight is 276 g/mol. The zero-order valence-electron chi connectivity index (χ0n) is 10.8. The second-order valence-corrected chi connectivity index (χ2v) is 5.81. The fraction of sp³-hybridized carbons (Fsp3) is 0.429. The van der Waals surface area contributed by atoms with Crippen LogP contribution in [0.5, 0.6) is 0 Å². The summed E-state index contributed by atoms with van der Waals surface area (Å²) in [7, 11) is 0. The molecule has 2 aromatic heterocycles. The van der Waals surface area contributed by atoms with Gasteiger partial charge >= 0.3 is 0 Å². The Kier molecular flexibility index (Phi) is 3.14. The number of carbonyl (C=O) groups is 1. The van der Waals surface area contributed by atoms with Crippen LogP contribution in [0, 0.1) is 0 Å². The predicted molar refractivity (Wildman–Crippen MR) is 76.5 cm³/mol. The molecule has 1 aliphatic carbocycles. The minimum Gasteiger partial charge on any atom is -0.338 e. The normalized spacial score (nSPS) is 14.8. The number of aromatic nitrogens is 1. The van der Waals surface area contributed by atoms with Crippen LogP contribution in [0.4, 0.5) is 0 Å². The molecule has 0 aliphatic heterocycles. The zero-order valence-corrected chi connectivity index (χ0v) is 11.7. The summed E-state index contributed by atoms with van der Waals surface area (Å²) in [6.45, 7) is 2.86. The van der Waals surface area contributed by atoms with Gasteiger partial charge in [-0.3, -0.25) is 9.59 Å². The molecule has 19 heavy (non-hydrogen) atoms. The van der Waals surface area contributed by atoms with Gasteiger partial charge in [-0.15, -0.1) is 11.3 Å². The molecule has 0 radical (unpaired) electrons. The lowest BCUT2D eigenvalue weighted by Crippen LogP contribution is -2.37. The van der Waals surface area contributed by atoms with Crippen LogP contribution in [-0.2, 0) is 11.3 Å². The molecule has 0 atom stereocenters. The second-order valence-electron chi connectivity index (χ2n) is 4.86. The van der Waals surface area contributed by atoms with E-state index in [0.29, 0.717) is 11.4 Å². The van der Waals surface area contributed by atoms with Crippen LogP contribution in [0.1, 0.15) is 19.8 Å². The fourth-order valence-electron chi connectivity index (χ4n) is 2.39. The van der Waals surface area contributed by atoms with Gasteiger partial charge in [0.05, 0.1) is 5.39 Å². The zero-order chi connectivity index (χ0) is 13.4. The van der Waals surface area contributed by atoms with Crippen molar-refractivity contribution in [1.29, 1.82) is 0 Å². The Hall–Kier alpha value is -1.62. The third-order valence-corrected chi connectivity index (χ3v) is 4.43. The molecule has 5 heteroatoms. The number of nitrogens with zero attached hydrogens (tertiary/aromatic N) is 2. The SMILES string of the molecule is CCN(C(=O)Cn1ccc2sccc2c1=O)C1CC1. The lowest BCUT2D eigenvalue weighted by atomic mass is 10.3. The summed E-state index contributed by atoms with van der Waals surface area (Å²) in [6, 6.07) is 4.13. The number of hydrogen-bond acceptors (Lipinski definition) is 3. The van der Waals surface area contributed by atoms with Crippen LogP contribution in [-0.4, -0.2) is 28.0 Å². The summed E-state index contributed by atoms with van der Waals surface area (Å²) in [5.41, 5.74) is -0.0704. The van der Waals surface area contributed by atoms with Gasteiger partial charge in [-0.1, -0.05) is 0 Å². The minimum atomic E-state index is -0.0704. The standard InChI is InChI=1S/C14H16N2O2S/c1-2-16(10-3-4-10)13(17)9-15-7-5-12-11(14(15)18)6-8-19-12/h5-8,10H,2-4,9H2,1H3. The Morgan fingerprint density at radius 1 is 1.47 bits per heavy atom. The highest BCUT2D eigenvalue weighted by Gasteiger charge is 2.31. The highest BCUT2D eigenvalue weighted by Crippen LogP contribution is 2.26. The van der Waals surface area contributed by atoms with E-state index in [4.69, 9.17) is 0 Å². The van der Waals surface area contributed by atoms with Crippen molar-refractivity contribution in [3.8, 4) is 0 Å². The van der Waals surface area contributed by atoms with Gasteiger partial charge in [-0.2, -0.15) is 0 Å². The summed E-state index contributed by atoms with van der Waals surface area (Å²) in [6.07, 6.45) is 3.91. The summed E-state index contributed by atoms with van der Waals surface area (Å²) in [4.78, 5) is 26.3. The van der Waals surface area contributed by atoms with Crippen LogP contribution in [0.3, 0.4) is 0 Å². The monoisotopic (exact) mass is 276 g/mol. The van der Waals surface area contributed by atoms with Crippen molar-refractivity contribution in [3.05, 3.63) is 34.1 Å². The highest BCUT2D eigenvalue weighted by atomic mass is 32.1. The maximum Gasteiger partial charge on any atom is 0.259 e. The van der Waals surface area contributed by atoms with Crippen LogP contribution >= 0.6 is 11.3 Å². The lowest BCUT2D eigenvalue weighted by molar-refractivity contribution is -0.132. The molecular weight excluding hydrogens is 260 g/mol. The molecule has 0 saturated heterocycles. The molecule has 0 N–H and O–H groups in total. The van der Waals surface area contributed by atoms with Gasteiger partial charge in [-0.05, 0) is 37.3 Å². The van der Waals surface area contributed by atoms with E-state index >= 15 is 0 Å². The van der Waals surface area contributed by atoms with Gasteiger partial charge in [0.1, 0.15) is 6.54 Å². The number of carbonyl (C=O) groups excluding carboxylic acids is 1. The maximum atomic E-state index is 12.2. The molecule has 0 spiro atoms. The first kappa shape index (κ1) is 12.4. The molecule has 2 aromatic rings. The summed E-state index contributed by atoms with van der Waals surface area (Å²) < 4.78 is 2.49. The van der Waals surface area contributed by atoms with Gasteiger partial charge in [0.25, 0.3) is 5.56 Å². The number of rotatable bonds is 4. The molecule has 1 aliphatic rings. The number of hydrogen-bond donors (Lipinski definition) is 0. The van der Waals surface area contributed by atoms with Crippen molar-refractivity contribution in [2.24, 2.45) is 0 Å². The number of fused-ring (bicyclic) bond motifs is 1. The molecule has 3 rings (SSSR count). The molecule has 1 amide bonds. The Balaban J connectivity index is 1.86. The molecule has 1 saturated carbocycles. The third-order valence-electron chi connectivity index (χ3n) is 3.55. The first-order valence-corrected chi connectivity index (χ1v) is 7.44. The topological polar surface area (TPSA) is 42.3 Å². The summed E-state index contributed by atoms with van der Waals surface area (Å²) in [5, 5.41) is 2.61. The van der Waals surface area contributed by atoms with Gasteiger partial charge in [-0.25, -0.2) is 0 Å². The smallest absolute Gasteiger partial charge is 0.259 e. The molecule has 2 heterocycles. The van der Waals surface area contributed by atoms with E-state index in [1.54, 1.807) is 17.5 Å². The number of thiophene rings is 1. The Morgan fingerprint density at radius 2 is 2.26 bits per heavy atom. The van der Waals surface area contributed by atoms with Crippen LogP contribution < -0.4 is 5.56 Å². The molecule has 4 nitrogen and oxygen atoms in total. The van der Waals surface area contributed by atoms with Crippen LogP contribution in [0.2, 0.25) is 0 Å². The van der Waals surface area contributed by atoms with E-state index in [0.717, 1.165) is 24.1 Å². The van der Waals surface area contributed by atoms with E-state index in [-0.39, 0.29) is 18.0 Å². The van der Waals surface area contributed by atoms with E-state index < -0.39 is 0 Å². The van der Waals surface area contributed by atoms with Crippen molar-refractivity contribution in [1.82, 2.24) is 9.47 Å². The lowest BCUT2D eigenvalue weighted by Gasteiger charge is -2.20. The number of amides is 1. The fourth-order valence-corrected chi connectivity index (χ4v) is 3.16. The molecule has 100 valence electrons. The molecule has 0 unspecified atom stereocenters. The van der Waals surface area contributed by atoms with Crippen LogP contribution in [0.25, 0.3) is 10.1 Å². The van der Waals surface area contributed by atoms with Crippen molar-refractivity contribution >= 4 is 27.3 Å². The molecule has 1 fully saturated rings. The Morgan fingerprint density at radius 3 is 2.95 bits per heavy atom. The largest absolute Gasteiger partial charge is 0.338 e. The maximum absolute atomic E-state index is 12.2. The number of pyridine rings is 1. The van der Waals surface area contributed by atoms with Gasteiger partial charge < -0.3 is 9.47 Å². The second kappa shape index (κ2) is 4.81. The first-order valence-electron chi connectivity index (χ1n) is 6.57. The van der Waals surface area contributed by atoms with Gasteiger partial charge in [0.2, 0.25) is 5.91 Å². The third kappa shape index (κ3) is 2.30. The molecular formula is C14H16N2O2S. The van der Waals surface area contributed by atoms with Gasteiger partial charge in [0, 0.05) is 23.5 Å². The van der Waals surface area contributed by atoms with E-state index in [2.05, 4.69) is 0 Å². The molecule has 0 aromatic carbocycles. The number of likely N-dealkylation sites (N-methyl/N-ethyl adjacent to an activating group) is 1. The minimum absolute atomic E-state index is 0.0432. The van der Waals surface area contributed by atoms with E-state index in [9.17, 15) is 9.59 Å². The highest BCUT2D eigenvalue weighted by molar-refractivity contribution is 7.17. The Labute approximate surface area is 115 Å². The summed E-state index contributed by atoms with van der Waals surface area (Å²) in [5.74, 6) is 0.0432. The van der Waals surface area contributed by atoms with E-state index in [1.165, 1.54) is 4.57 Å².